The van der Waals surface area contributed by atoms with Gasteiger partial charge in [-0.05, 0) is 36.4 Å². The summed E-state index contributed by atoms with van der Waals surface area (Å²) in [6.45, 7) is 1.23. The van der Waals surface area contributed by atoms with Crippen LogP contribution < -0.4 is 10.4 Å². The average Bonchev–Trinajstić information content (AvgIpc) is 3.04. The van der Waals surface area contributed by atoms with Crippen LogP contribution in [0.3, 0.4) is 0 Å². The molecule has 1 aromatic heterocycles. The molecule has 132 valence electrons. The number of fused-ring (bicyclic) bond motifs is 1. The van der Waals surface area contributed by atoms with Crippen molar-refractivity contribution in [2.45, 2.75) is 13.1 Å². The molecule has 0 radical (unpaired) electrons. The van der Waals surface area contributed by atoms with E-state index in [9.17, 15) is 9.59 Å². The van der Waals surface area contributed by atoms with E-state index >= 15 is 0 Å². The van der Waals surface area contributed by atoms with Crippen molar-refractivity contribution >= 4 is 5.91 Å². The standard InChI is InChI=1S/C19H18N4O3/c1-26-16-9-7-15(8-10-16)23-19(25)22-12-11-21(13-17(22)20-23)18(24)14-5-3-2-4-6-14/h2-10H,11-13H2,1H3. The van der Waals surface area contributed by atoms with Crippen LogP contribution in [0.5, 0.6) is 5.75 Å². The van der Waals surface area contributed by atoms with Crippen molar-refractivity contribution < 1.29 is 9.53 Å². The molecule has 0 bridgehead atoms. The van der Waals surface area contributed by atoms with Crippen LogP contribution in [0.2, 0.25) is 0 Å². The highest BCUT2D eigenvalue weighted by molar-refractivity contribution is 5.94. The Morgan fingerprint density at radius 3 is 2.46 bits per heavy atom. The van der Waals surface area contributed by atoms with Crippen molar-refractivity contribution in [2.75, 3.05) is 13.7 Å². The molecule has 0 fully saturated rings. The zero-order chi connectivity index (χ0) is 18.1. The van der Waals surface area contributed by atoms with Gasteiger partial charge < -0.3 is 9.64 Å². The van der Waals surface area contributed by atoms with Gasteiger partial charge in [-0.3, -0.25) is 9.36 Å². The fourth-order valence-electron chi connectivity index (χ4n) is 3.08. The third-order valence-electron chi connectivity index (χ3n) is 4.49. The number of nitrogens with zero attached hydrogens (tertiary/aromatic N) is 4. The zero-order valence-corrected chi connectivity index (χ0v) is 14.3. The minimum Gasteiger partial charge on any atom is -0.497 e. The second-order valence-electron chi connectivity index (χ2n) is 6.05. The van der Waals surface area contributed by atoms with E-state index in [1.165, 1.54) is 4.68 Å². The molecule has 3 aromatic rings. The number of rotatable bonds is 3. The Bertz CT molecular complexity index is 990. The van der Waals surface area contributed by atoms with Crippen molar-refractivity contribution in [2.24, 2.45) is 0 Å². The fraction of sp³-hybridized carbons (Fsp3) is 0.211. The molecule has 0 aliphatic carbocycles. The Hall–Kier alpha value is -3.35. The molecule has 0 unspecified atom stereocenters. The molecule has 0 saturated carbocycles. The molecule has 7 heteroatoms. The number of amides is 1. The topological polar surface area (TPSA) is 69.4 Å². The van der Waals surface area contributed by atoms with Crippen molar-refractivity contribution in [3.8, 4) is 11.4 Å². The lowest BCUT2D eigenvalue weighted by Gasteiger charge is -2.26. The molecular formula is C19H18N4O3. The van der Waals surface area contributed by atoms with Crippen LogP contribution in [0, 0.1) is 0 Å². The van der Waals surface area contributed by atoms with Gasteiger partial charge in [-0.25, -0.2) is 4.79 Å². The first kappa shape index (κ1) is 16.1. The van der Waals surface area contributed by atoms with E-state index in [1.807, 2.05) is 18.2 Å². The van der Waals surface area contributed by atoms with Gasteiger partial charge in [0, 0.05) is 18.7 Å². The van der Waals surface area contributed by atoms with Crippen LogP contribution in [0.1, 0.15) is 16.2 Å². The van der Waals surface area contributed by atoms with Gasteiger partial charge in [-0.1, -0.05) is 18.2 Å². The minimum atomic E-state index is -0.197. The molecule has 0 atom stereocenters. The SMILES string of the molecule is COc1ccc(-n2nc3n(c2=O)CCN(C(=O)c2ccccc2)C3)cc1. The largest absolute Gasteiger partial charge is 0.497 e. The van der Waals surface area contributed by atoms with Crippen LogP contribution >= 0.6 is 0 Å². The molecule has 1 aliphatic rings. The molecule has 0 N–H and O–H groups in total. The van der Waals surface area contributed by atoms with Crippen LogP contribution in [-0.2, 0) is 13.1 Å². The predicted octanol–water partition coefficient (Wildman–Crippen LogP) is 1.70. The number of methoxy groups -OCH3 is 1. The van der Waals surface area contributed by atoms with Crippen molar-refractivity contribution in [3.05, 3.63) is 76.5 Å². The molecule has 1 amide bonds. The maximum absolute atomic E-state index is 12.6. The first-order chi connectivity index (χ1) is 12.7. The van der Waals surface area contributed by atoms with Crippen molar-refractivity contribution in [3.63, 3.8) is 0 Å². The van der Waals surface area contributed by atoms with Gasteiger partial charge in [0.05, 0.1) is 19.3 Å². The molecular weight excluding hydrogens is 332 g/mol. The van der Waals surface area contributed by atoms with Gasteiger partial charge in [-0.15, -0.1) is 5.10 Å². The second-order valence-corrected chi connectivity index (χ2v) is 6.05. The van der Waals surface area contributed by atoms with E-state index < -0.39 is 0 Å². The summed E-state index contributed by atoms with van der Waals surface area (Å²) in [6, 6.07) is 16.3. The average molecular weight is 350 g/mol. The lowest BCUT2D eigenvalue weighted by Crippen LogP contribution is -2.40. The highest BCUT2D eigenvalue weighted by Crippen LogP contribution is 2.16. The normalized spacial score (nSPS) is 13.3. The van der Waals surface area contributed by atoms with E-state index in [0.29, 0.717) is 42.5 Å². The van der Waals surface area contributed by atoms with E-state index in [1.54, 1.807) is 53.0 Å². The van der Waals surface area contributed by atoms with Gasteiger partial charge in [0.1, 0.15) is 5.75 Å². The number of hydrogen-bond acceptors (Lipinski definition) is 4. The summed E-state index contributed by atoms with van der Waals surface area (Å²) in [4.78, 5) is 27.0. The Labute approximate surface area is 150 Å². The Balaban J connectivity index is 1.62. The number of hydrogen-bond donors (Lipinski definition) is 0. The predicted molar refractivity (Wildman–Crippen MR) is 95.6 cm³/mol. The van der Waals surface area contributed by atoms with Crippen molar-refractivity contribution in [1.82, 2.24) is 19.2 Å². The van der Waals surface area contributed by atoms with Gasteiger partial charge in [-0.2, -0.15) is 4.68 Å². The molecule has 4 rings (SSSR count). The Kier molecular flexibility index (Phi) is 4.04. The summed E-state index contributed by atoms with van der Waals surface area (Å²) in [5.74, 6) is 1.25. The fourth-order valence-corrected chi connectivity index (χ4v) is 3.08. The highest BCUT2D eigenvalue weighted by Gasteiger charge is 2.26. The van der Waals surface area contributed by atoms with E-state index in [4.69, 9.17) is 4.74 Å². The molecule has 26 heavy (non-hydrogen) atoms. The van der Waals surface area contributed by atoms with E-state index in [2.05, 4.69) is 5.10 Å². The molecule has 2 aromatic carbocycles. The summed E-state index contributed by atoms with van der Waals surface area (Å²) in [5.41, 5.74) is 1.11. The van der Waals surface area contributed by atoms with Crippen molar-refractivity contribution in [1.29, 1.82) is 0 Å². The quantitative estimate of drug-likeness (QED) is 0.721. The molecule has 1 aliphatic heterocycles. The monoisotopic (exact) mass is 350 g/mol. The first-order valence-electron chi connectivity index (χ1n) is 8.35. The molecule has 0 saturated heterocycles. The first-order valence-corrected chi connectivity index (χ1v) is 8.35. The van der Waals surface area contributed by atoms with Crippen LogP contribution in [0.15, 0.2) is 59.4 Å². The minimum absolute atomic E-state index is 0.0525. The Morgan fingerprint density at radius 2 is 1.77 bits per heavy atom. The number of ether oxygens (including phenoxy) is 1. The van der Waals surface area contributed by atoms with E-state index in [0.717, 1.165) is 0 Å². The summed E-state index contributed by atoms with van der Waals surface area (Å²) < 4.78 is 8.13. The lowest BCUT2D eigenvalue weighted by atomic mass is 10.2. The van der Waals surface area contributed by atoms with Gasteiger partial charge in [0.15, 0.2) is 5.82 Å². The maximum atomic E-state index is 12.6. The van der Waals surface area contributed by atoms with Gasteiger partial charge in [0.2, 0.25) is 0 Å². The summed E-state index contributed by atoms with van der Waals surface area (Å²) >= 11 is 0. The third kappa shape index (κ3) is 2.77. The van der Waals surface area contributed by atoms with Gasteiger partial charge >= 0.3 is 5.69 Å². The number of benzene rings is 2. The summed E-state index contributed by atoms with van der Waals surface area (Å²) in [6.07, 6.45) is 0. The van der Waals surface area contributed by atoms with Crippen LogP contribution in [0.4, 0.5) is 0 Å². The third-order valence-corrected chi connectivity index (χ3v) is 4.49. The molecule has 2 heterocycles. The Morgan fingerprint density at radius 1 is 1.04 bits per heavy atom. The van der Waals surface area contributed by atoms with Crippen LogP contribution in [-0.4, -0.2) is 38.8 Å². The van der Waals surface area contributed by atoms with Gasteiger partial charge in [0.25, 0.3) is 5.91 Å². The molecule has 0 spiro atoms. The summed E-state index contributed by atoms with van der Waals surface area (Å²) in [5, 5.41) is 4.43. The van der Waals surface area contributed by atoms with E-state index in [-0.39, 0.29) is 11.6 Å². The smallest absolute Gasteiger partial charge is 0.350 e. The lowest BCUT2D eigenvalue weighted by molar-refractivity contribution is 0.0706. The summed E-state index contributed by atoms with van der Waals surface area (Å²) in [7, 11) is 1.59. The highest BCUT2D eigenvalue weighted by atomic mass is 16.5. The number of aromatic nitrogens is 3. The zero-order valence-electron chi connectivity index (χ0n) is 14.3. The maximum Gasteiger partial charge on any atom is 0.350 e. The second kappa shape index (κ2) is 6.51. The number of carbonyl (C=O) groups is 1. The van der Waals surface area contributed by atoms with Crippen LogP contribution in [0.25, 0.3) is 5.69 Å². The molecule has 7 nitrogen and oxygen atoms in total. The number of carbonyl (C=O) groups excluding carboxylic acids is 1.